The fraction of sp³-hybridized carbons (Fsp3) is 0.130. The number of anilines is 2. The molecule has 34 heavy (non-hydrogen) atoms. The zero-order valence-corrected chi connectivity index (χ0v) is 18.7. The zero-order valence-electron chi connectivity index (χ0n) is 18.7. The lowest BCUT2D eigenvalue weighted by atomic mass is 10.2. The lowest BCUT2D eigenvalue weighted by Crippen LogP contribution is -2.19. The number of carbonyl (C=O) groups is 1. The maximum atomic E-state index is 12.4. The third-order valence-corrected chi connectivity index (χ3v) is 4.62. The van der Waals surface area contributed by atoms with Gasteiger partial charge in [-0.25, -0.2) is 9.48 Å². The van der Waals surface area contributed by atoms with Crippen molar-refractivity contribution in [3.63, 3.8) is 0 Å². The van der Waals surface area contributed by atoms with Crippen molar-refractivity contribution < 1.29 is 23.7 Å². The molecule has 2 amide bonds. The van der Waals surface area contributed by atoms with Crippen molar-refractivity contribution in [2.45, 2.75) is 0 Å². The van der Waals surface area contributed by atoms with Crippen LogP contribution in [0.5, 0.6) is 28.9 Å². The third-order valence-electron chi connectivity index (χ3n) is 4.62. The van der Waals surface area contributed by atoms with Crippen LogP contribution >= 0.6 is 0 Å². The summed E-state index contributed by atoms with van der Waals surface area (Å²) in [4.78, 5) is 12.4. The van der Waals surface area contributed by atoms with Crippen molar-refractivity contribution >= 4 is 17.4 Å². The predicted molar refractivity (Wildman–Crippen MR) is 124 cm³/mol. The molecule has 11 nitrogen and oxygen atoms in total. The molecule has 4 aromatic rings. The average Bonchev–Trinajstić information content (AvgIpc) is 3.40. The molecule has 2 aromatic carbocycles. The van der Waals surface area contributed by atoms with Crippen molar-refractivity contribution in [2.75, 3.05) is 32.0 Å². The van der Waals surface area contributed by atoms with Crippen molar-refractivity contribution in [3.8, 4) is 34.7 Å². The number of rotatable bonds is 8. The van der Waals surface area contributed by atoms with Crippen molar-refractivity contribution in [3.05, 3.63) is 67.0 Å². The minimum atomic E-state index is -0.442. The molecule has 0 bridgehead atoms. The largest absolute Gasteiger partial charge is 0.493 e. The van der Waals surface area contributed by atoms with E-state index in [2.05, 4.69) is 25.9 Å². The molecule has 0 spiro atoms. The monoisotopic (exact) mass is 462 g/mol. The highest BCUT2D eigenvalue weighted by Gasteiger charge is 2.14. The van der Waals surface area contributed by atoms with E-state index in [-0.39, 0.29) is 0 Å². The number of aromatic nitrogens is 4. The van der Waals surface area contributed by atoms with E-state index in [4.69, 9.17) is 18.9 Å². The molecule has 2 N–H and O–H groups in total. The first-order valence-electron chi connectivity index (χ1n) is 10.1. The Labute approximate surface area is 195 Å². The van der Waals surface area contributed by atoms with Gasteiger partial charge in [-0.1, -0.05) is 0 Å². The van der Waals surface area contributed by atoms with E-state index in [0.717, 1.165) is 0 Å². The molecule has 0 unspecified atom stereocenters. The third kappa shape index (κ3) is 5.15. The first-order valence-corrected chi connectivity index (χ1v) is 10.1. The number of carbonyl (C=O) groups excluding carboxylic acids is 1. The van der Waals surface area contributed by atoms with Crippen LogP contribution in [-0.4, -0.2) is 47.3 Å². The topological polar surface area (TPSA) is 122 Å². The van der Waals surface area contributed by atoms with Gasteiger partial charge in [0.15, 0.2) is 17.3 Å². The van der Waals surface area contributed by atoms with Crippen LogP contribution in [0.3, 0.4) is 0 Å². The summed E-state index contributed by atoms with van der Waals surface area (Å²) < 4.78 is 23.2. The van der Waals surface area contributed by atoms with Gasteiger partial charge >= 0.3 is 6.03 Å². The van der Waals surface area contributed by atoms with Gasteiger partial charge in [-0.05, 0) is 36.4 Å². The van der Waals surface area contributed by atoms with Crippen LogP contribution in [0.15, 0.2) is 67.0 Å². The van der Waals surface area contributed by atoms with Gasteiger partial charge in [0.05, 0.1) is 27.0 Å². The molecule has 2 aromatic heterocycles. The Bertz CT molecular complexity index is 1220. The summed E-state index contributed by atoms with van der Waals surface area (Å²) in [5.41, 5.74) is 1.04. The molecule has 4 rings (SSSR count). The number of ether oxygens (including phenoxy) is 4. The van der Waals surface area contributed by atoms with Gasteiger partial charge in [0.1, 0.15) is 5.75 Å². The highest BCUT2D eigenvalue weighted by Crippen LogP contribution is 2.40. The molecule has 174 valence electrons. The van der Waals surface area contributed by atoms with E-state index in [1.807, 2.05) is 0 Å². The van der Waals surface area contributed by atoms with Crippen LogP contribution in [0, 0.1) is 0 Å². The second-order valence-electron chi connectivity index (χ2n) is 6.80. The Morgan fingerprint density at radius 3 is 2.12 bits per heavy atom. The molecule has 0 aliphatic carbocycles. The number of benzene rings is 2. The number of hydrogen-bond donors (Lipinski definition) is 2. The van der Waals surface area contributed by atoms with Crippen molar-refractivity contribution in [1.29, 1.82) is 0 Å². The van der Waals surface area contributed by atoms with E-state index >= 15 is 0 Å². The van der Waals surface area contributed by atoms with Gasteiger partial charge in [0, 0.05) is 36.3 Å². The highest BCUT2D eigenvalue weighted by atomic mass is 16.5. The second-order valence-corrected chi connectivity index (χ2v) is 6.80. The van der Waals surface area contributed by atoms with E-state index in [1.165, 1.54) is 21.3 Å². The normalized spacial score (nSPS) is 10.3. The van der Waals surface area contributed by atoms with Crippen LogP contribution in [-0.2, 0) is 0 Å². The molecule has 0 aliphatic heterocycles. The zero-order chi connectivity index (χ0) is 23.9. The summed E-state index contributed by atoms with van der Waals surface area (Å²) in [5.74, 6) is 2.74. The van der Waals surface area contributed by atoms with Crippen LogP contribution in [0.2, 0.25) is 0 Å². The number of methoxy groups -OCH3 is 3. The molecule has 11 heteroatoms. The summed E-state index contributed by atoms with van der Waals surface area (Å²) in [6.07, 6.45) is 3.43. The first kappa shape index (κ1) is 22.4. The van der Waals surface area contributed by atoms with Gasteiger partial charge in [-0.3, -0.25) is 0 Å². The summed E-state index contributed by atoms with van der Waals surface area (Å²) in [6, 6.07) is 14.9. The number of hydrogen-bond acceptors (Lipinski definition) is 8. The van der Waals surface area contributed by atoms with Gasteiger partial charge in [-0.2, -0.15) is 5.10 Å². The fourth-order valence-corrected chi connectivity index (χ4v) is 3.07. The van der Waals surface area contributed by atoms with Crippen LogP contribution < -0.4 is 29.6 Å². The van der Waals surface area contributed by atoms with Gasteiger partial charge in [-0.15, -0.1) is 10.2 Å². The van der Waals surface area contributed by atoms with Crippen molar-refractivity contribution in [1.82, 2.24) is 20.0 Å². The molecule has 0 aliphatic rings. The smallest absolute Gasteiger partial charge is 0.323 e. The molecule has 0 saturated carbocycles. The molecule has 0 atom stereocenters. The molecule has 0 saturated heterocycles. The molecular formula is C23H22N6O5. The molecular weight excluding hydrogens is 440 g/mol. The minimum absolute atomic E-state index is 0.330. The van der Waals surface area contributed by atoms with E-state index in [9.17, 15) is 4.79 Å². The highest BCUT2D eigenvalue weighted by molar-refractivity contribution is 6.00. The Hall–Kier alpha value is -4.80. The quantitative estimate of drug-likeness (QED) is 0.401. The van der Waals surface area contributed by atoms with Gasteiger partial charge < -0.3 is 29.6 Å². The predicted octanol–water partition coefficient (Wildman–Crippen LogP) is 4.12. The molecule has 0 fully saturated rings. The van der Waals surface area contributed by atoms with Crippen molar-refractivity contribution in [2.24, 2.45) is 0 Å². The van der Waals surface area contributed by atoms with Crippen LogP contribution in [0.4, 0.5) is 16.2 Å². The first-order chi connectivity index (χ1) is 16.6. The Morgan fingerprint density at radius 1 is 0.853 bits per heavy atom. The van der Waals surface area contributed by atoms with Crippen LogP contribution in [0.1, 0.15) is 0 Å². The maximum Gasteiger partial charge on any atom is 0.323 e. The standard InChI is InChI=1S/C23H22N6O5/c1-31-18-13-16(14-19(32-2)22(18)33-3)26-23(30)25-15-5-7-17(8-6-15)34-21-10-9-20(27-28-21)29-12-4-11-24-29/h4-14H,1-3H3,(H2,25,26,30). The number of nitrogens with zero attached hydrogens (tertiary/aromatic N) is 4. The summed E-state index contributed by atoms with van der Waals surface area (Å²) in [6.45, 7) is 0. The van der Waals surface area contributed by atoms with Crippen LogP contribution in [0.25, 0.3) is 5.82 Å². The summed E-state index contributed by atoms with van der Waals surface area (Å²) >= 11 is 0. The molecule has 0 radical (unpaired) electrons. The maximum absolute atomic E-state index is 12.4. The van der Waals surface area contributed by atoms with E-state index < -0.39 is 6.03 Å². The van der Waals surface area contributed by atoms with E-state index in [0.29, 0.717) is 46.1 Å². The Kier molecular flexibility index (Phi) is 6.73. The minimum Gasteiger partial charge on any atom is -0.493 e. The lowest BCUT2D eigenvalue weighted by molar-refractivity contribution is 0.262. The number of amides is 2. The summed E-state index contributed by atoms with van der Waals surface area (Å²) in [7, 11) is 4.52. The Morgan fingerprint density at radius 2 is 1.56 bits per heavy atom. The van der Waals surface area contributed by atoms with Gasteiger partial charge in [0.25, 0.3) is 0 Å². The Balaban J connectivity index is 1.37. The number of nitrogens with one attached hydrogen (secondary N) is 2. The average molecular weight is 462 g/mol. The summed E-state index contributed by atoms with van der Waals surface area (Å²) in [5, 5.41) is 17.7. The van der Waals surface area contributed by atoms with Gasteiger partial charge in [0.2, 0.25) is 11.6 Å². The number of urea groups is 1. The molecule has 2 heterocycles. The fourth-order valence-electron chi connectivity index (χ4n) is 3.07. The second kappa shape index (κ2) is 10.2. The van der Waals surface area contributed by atoms with E-state index in [1.54, 1.807) is 71.7 Å². The SMILES string of the molecule is COc1cc(NC(=O)Nc2ccc(Oc3ccc(-n4cccn4)nn3)cc2)cc(OC)c1OC. The lowest BCUT2D eigenvalue weighted by Gasteiger charge is -2.15.